The molecular formula is C17H19N3O5S. The SMILES string of the molecule is CC(=O)Nc1ccc(C(=O)Nc2cc(S(=O)(=O)N(C)C)ccc2O)cc1. The smallest absolute Gasteiger partial charge is 0.255 e. The molecule has 2 amide bonds. The summed E-state index contributed by atoms with van der Waals surface area (Å²) in [6.07, 6.45) is 0. The van der Waals surface area contributed by atoms with Gasteiger partial charge in [-0.2, -0.15) is 0 Å². The van der Waals surface area contributed by atoms with Crippen LogP contribution in [0.1, 0.15) is 17.3 Å². The lowest BCUT2D eigenvalue weighted by Gasteiger charge is -2.14. The molecule has 2 aromatic carbocycles. The van der Waals surface area contributed by atoms with E-state index in [9.17, 15) is 23.1 Å². The van der Waals surface area contributed by atoms with Crippen molar-refractivity contribution in [3.63, 3.8) is 0 Å². The van der Waals surface area contributed by atoms with Crippen molar-refractivity contribution in [1.82, 2.24) is 4.31 Å². The minimum absolute atomic E-state index is 0.0242. The number of rotatable bonds is 5. The van der Waals surface area contributed by atoms with Crippen LogP contribution in [0.25, 0.3) is 0 Å². The minimum Gasteiger partial charge on any atom is -0.506 e. The maximum absolute atomic E-state index is 12.3. The highest BCUT2D eigenvalue weighted by molar-refractivity contribution is 7.89. The fraction of sp³-hybridized carbons (Fsp3) is 0.176. The lowest BCUT2D eigenvalue weighted by Crippen LogP contribution is -2.22. The normalized spacial score (nSPS) is 11.2. The molecule has 0 saturated carbocycles. The predicted octanol–water partition coefficient (Wildman–Crippen LogP) is 1.85. The topological polar surface area (TPSA) is 116 Å². The van der Waals surface area contributed by atoms with E-state index in [1.165, 1.54) is 51.4 Å². The quantitative estimate of drug-likeness (QED) is 0.688. The standard InChI is InChI=1S/C17H19N3O5S/c1-11(21)18-13-6-4-12(5-7-13)17(23)19-15-10-14(8-9-16(15)22)26(24,25)20(2)3/h4-10,22H,1-3H3,(H,18,21)(H,19,23). The number of amides is 2. The van der Waals surface area contributed by atoms with Crippen LogP contribution in [0.5, 0.6) is 5.75 Å². The number of benzene rings is 2. The van der Waals surface area contributed by atoms with E-state index in [2.05, 4.69) is 10.6 Å². The number of sulfonamides is 1. The number of hydrogen-bond donors (Lipinski definition) is 3. The molecule has 0 aliphatic heterocycles. The first kappa shape index (κ1) is 19.4. The van der Waals surface area contributed by atoms with Crippen molar-refractivity contribution in [1.29, 1.82) is 0 Å². The van der Waals surface area contributed by atoms with Crippen LogP contribution in [-0.4, -0.2) is 43.7 Å². The van der Waals surface area contributed by atoms with E-state index in [0.29, 0.717) is 5.69 Å². The van der Waals surface area contributed by atoms with E-state index >= 15 is 0 Å². The zero-order chi connectivity index (χ0) is 19.5. The summed E-state index contributed by atoms with van der Waals surface area (Å²) in [5.41, 5.74) is 0.791. The molecule has 138 valence electrons. The van der Waals surface area contributed by atoms with Gasteiger partial charge in [0, 0.05) is 32.3 Å². The van der Waals surface area contributed by atoms with E-state index in [4.69, 9.17) is 0 Å². The first-order chi connectivity index (χ1) is 12.1. The van der Waals surface area contributed by atoms with E-state index in [1.807, 2.05) is 0 Å². The van der Waals surface area contributed by atoms with Crippen LogP contribution in [0.2, 0.25) is 0 Å². The highest BCUT2D eigenvalue weighted by atomic mass is 32.2. The Kier molecular flexibility index (Phi) is 5.63. The summed E-state index contributed by atoms with van der Waals surface area (Å²) in [7, 11) is -0.931. The molecule has 3 N–H and O–H groups in total. The van der Waals surface area contributed by atoms with Gasteiger partial charge in [0.1, 0.15) is 5.75 Å². The lowest BCUT2D eigenvalue weighted by atomic mass is 10.2. The van der Waals surface area contributed by atoms with Crippen molar-refractivity contribution in [2.75, 3.05) is 24.7 Å². The first-order valence-corrected chi connectivity index (χ1v) is 9.00. The zero-order valence-electron chi connectivity index (χ0n) is 14.5. The number of nitrogens with zero attached hydrogens (tertiary/aromatic N) is 1. The molecular weight excluding hydrogens is 358 g/mol. The molecule has 2 aromatic rings. The second kappa shape index (κ2) is 7.54. The second-order valence-corrected chi connectivity index (χ2v) is 7.83. The largest absolute Gasteiger partial charge is 0.506 e. The van der Waals surface area contributed by atoms with Gasteiger partial charge in [0.2, 0.25) is 15.9 Å². The number of aromatic hydroxyl groups is 1. The average molecular weight is 377 g/mol. The maximum atomic E-state index is 12.3. The summed E-state index contributed by atoms with van der Waals surface area (Å²) in [6.45, 7) is 1.37. The van der Waals surface area contributed by atoms with Crippen LogP contribution in [-0.2, 0) is 14.8 Å². The van der Waals surface area contributed by atoms with Gasteiger partial charge in [-0.15, -0.1) is 0 Å². The van der Waals surface area contributed by atoms with Crippen LogP contribution in [0.4, 0.5) is 11.4 Å². The third-order valence-corrected chi connectivity index (χ3v) is 5.27. The van der Waals surface area contributed by atoms with Crippen molar-refractivity contribution in [2.24, 2.45) is 0 Å². The third kappa shape index (κ3) is 4.38. The van der Waals surface area contributed by atoms with Gasteiger partial charge < -0.3 is 15.7 Å². The Morgan fingerprint density at radius 2 is 1.62 bits per heavy atom. The number of carbonyl (C=O) groups is 2. The molecule has 0 aliphatic rings. The second-order valence-electron chi connectivity index (χ2n) is 5.68. The van der Waals surface area contributed by atoms with E-state index in [0.717, 1.165) is 4.31 Å². The highest BCUT2D eigenvalue weighted by Crippen LogP contribution is 2.28. The zero-order valence-corrected chi connectivity index (χ0v) is 15.3. The molecule has 2 rings (SSSR count). The molecule has 0 aliphatic carbocycles. The van der Waals surface area contributed by atoms with E-state index in [-0.39, 0.29) is 27.8 Å². The average Bonchev–Trinajstić information content (AvgIpc) is 2.56. The molecule has 0 bridgehead atoms. The monoisotopic (exact) mass is 377 g/mol. The molecule has 0 heterocycles. The molecule has 0 fully saturated rings. The molecule has 0 unspecified atom stereocenters. The molecule has 26 heavy (non-hydrogen) atoms. The number of carbonyl (C=O) groups excluding carboxylic acids is 2. The molecule has 0 saturated heterocycles. The van der Waals surface area contributed by atoms with Gasteiger partial charge in [-0.3, -0.25) is 9.59 Å². The summed E-state index contributed by atoms with van der Waals surface area (Å²) in [5.74, 6) is -1.02. The van der Waals surface area contributed by atoms with Crippen molar-refractivity contribution in [3.8, 4) is 5.75 Å². The van der Waals surface area contributed by atoms with Gasteiger partial charge >= 0.3 is 0 Å². The summed E-state index contributed by atoms with van der Waals surface area (Å²) >= 11 is 0. The molecule has 0 radical (unpaired) electrons. The Balaban J connectivity index is 2.25. The lowest BCUT2D eigenvalue weighted by molar-refractivity contribution is -0.114. The minimum atomic E-state index is -3.70. The fourth-order valence-corrected chi connectivity index (χ4v) is 3.02. The van der Waals surface area contributed by atoms with Gasteiger partial charge in [-0.1, -0.05) is 0 Å². The van der Waals surface area contributed by atoms with Gasteiger partial charge in [-0.05, 0) is 42.5 Å². The Morgan fingerprint density at radius 3 is 2.15 bits per heavy atom. The molecule has 0 spiro atoms. The van der Waals surface area contributed by atoms with E-state index in [1.54, 1.807) is 12.1 Å². The number of phenols is 1. The predicted molar refractivity (Wildman–Crippen MR) is 97.7 cm³/mol. The van der Waals surface area contributed by atoms with Crippen molar-refractivity contribution in [3.05, 3.63) is 48.0 Å². The molecule has 0 atom stereocenters. The maximum Gasteiger partial charge on any atom is 0.255 e. The van der Waals surface area contributed by atoms with E-state index < -0.39 is 15.9 Å². The Hall–Kier alpha value is -2.91. The van der Waals surface area contributed by atoms with Gasteiger partial charge in [0.25, 0.3) is 5.91 Å². The Labute approximate surface area is 151 Å². The third-order valence-electron chi connectivity index (χ3n) is 3.46. The van der Waals surface area contributed by atoms with Crippen LogP contribution >= 0.6 is 0 Å². The summed E-state index contributed by atoms with van der Waals surface area (Å²) in [4.78, 5) is 23.3. The molecule has 9 heteroatoms. The number of nitrogens with one attached hydrogen (secondary N) is 2. The Morgan fingerprint density at radius 1 is 1.00 bits per heavy atom. The molecule has 8 nitrogen and oxygen atoms in total. The number of hydrogen-bond acceptors (Lipinski definition) is 5. The van der Waals surface area contributed by atoms with Crippen LogP contribution < -0.4 is 10.6 Å². The van der Waals surface area contributed by atoms with Crippen molar-refractivity contribution in [2.45, 2.75) is 11.8 Å². The summed E-state index contributed by atoms with van der Waals surface area (Å²) in [6, 6.07) is 9.75. The summed E-state index contributed by atoms with van der Waals surface area (Å²) in [5, 5.41) is 15.0. The molecule has 0 aromatic heterocycles. The first-order valence-electron chi connectivity index (χ1n) is 7.56. The van der Waals surface area contributed by atoms with Gasteiger partial charge in [0.05, 0.1) is 10.6 Å². The van der Waals surface area contributed by atoms with Crippen LogP contribution in [0.15, 0.2) is 47.4 Å². The summed E-state index contributed by atoms with van der Waals surface area (Å²) < 4.78 is 25.4. The van der Waals surface area contributed by atoms with Gasteiger partial charge in [0.15, 0.2) is 0 Å². The fourth-order valence-electron chi connectivity index (χ4n) is 2.09. The highest BCUT2D eigenvalue weighted by Gasteiger charge is 2.19. The number of phenolic OH excluding ortho intramolecular Hbond substituents is 1. The van der Waals surface area contributed by atoms with Crippen molar-refractivity contribution >= 4 is 33.2 Å². The van der Waals surface area contributed by atoms with Crippen molar-refractivity contribution < 1.29 is 23.1 Å². The number of anilines is 2. The van der Waals surface area contributed by atoms with Crippen LogP contribution in [0.3, 0.4) is 0 Å². The Bertz CT molecular complexity index is 937. The van der Waals surface area contributed by atoms with Crippen LogP contribution in [0, 0.1) is 0 Å². The van der Waals surface area contributed by atoms with Gasteiger partial charge in [-0.25, -0.2) is 12.7 Å².